The van der Waals surface area contributed by atoms with Gasteiger partial charge in [0.2, 0.25) is 10.0 Å². The van der Waals surface area contributed by atoms with Crippen molar-refractivity contribution in [1.29, 1.82) is 0 Å². The second-order valence-electron chi connectivity index (χ2n) is 10.7. The van der Waals surface area contributed by atoms with Crippen LogP contribution in [0.4, 0.5) is 0 Å². The fraction of sp³-hybridized carbons (Fsp3) is 0.333. The highest BCUT2D eigenvalue weighted by molar-refractivity contribution is 7.89. The summed E-state index contributed by atoms with van der Waals surface area (Å²) in [6, 6.07) is 27.3. The van der Waals surface area contributed by atoms with Gasteiger partial charge >= 0.3 is 0 Å². The number of aliphatic hydroxyl groups excluding tert-OH is 1. The van der Waals surface area contributed by atoms with E-state index < -0.39 is 18.3 Å². The van der Waals surface area contributed by atoms with Gasteiger partial charge in [0.05, 0.1) is 24.2 Å². The van der Waals surface area contributed by atoms with Crippen molar-refractivity contribution in [2.24, 2.45) is 0 Å². The van der Waals surface area contributed by atoms with Crippen LogP contribution in [-0.4, -0.2) is 51.9 Å². The standard InChI is InChI=1S/C30H37NO4SSi/c1-24-15-17-27(18-16-24)36(33,34)31-22-25(19-20-32)21-26(31)23-35-37(30(2,3)4,28-11-7-5-8-12-28)29-13-9-6-10-14-29/h5-19,26,32H,20-23H2,1-4H3/b25-19+/t26-/m0/s1. The topological polar surface area (TPSA) is 66.8 Å². The molecule has 0 unspecified atom stereocenters. The van der Waals surface area contributed by atoms with Gasteiger partial charge in [-0.25, -0.2) is 8.42 Å². The molecule has 0 amide bonds. The molecular formula is C30H37NO4SSi. The monoisotopic (exact) mass is 535 g/mol. The lowest BCUT2D eigenvalue weighted by Gasteiger charge is -2.44. The first-order valence-corrected chi connectivity index (χ1v) is 16.1. The smallest absolute Gasteiger partial charge is 0.261 e. The van der Waals surface area contributed by atoms with Gasteiger partial charge < -0.3 is 9.53 Å². The molecule has 1 aliphatic rings. The van der Waals surface area contributed by atoms with Gasteiger partial charge in [0.15, 0.2) is 0 Å². The fourth-order valence-electron chi connectivity index (χ4n) is 5.33. The summed E-state index contributed by atoms with van der Waals surface area (Å²) in [7, 11) is -6.57. The van der Waals surface area contributed by atoms with Crippen molar-refractivity contribution >= 4 is 28.7 Å². The highest BCUT2D eigenvalue weighted by atomic mass is 32.2. The van der Waals surface area contributed by atoms with Crippen molar-refractivity contribution in [1.82, 2.24) is 4.31 Å². The number of sulfonamides is 1. The minimum atomic E-state index is -3.74. The van der Waals surface area contributed by atoms with Crippen LogP contribution >= 0.6 is 0 Å². The van der Waals surface area contributed by atoms with Gasteiger partial charge in [-0.2, -0.15) is 4.31 Å². The number of hydrogen-bond acceptors (Lipinski definition) is 4. The maximum absolute atomic E-state index is 13.8. The van der Waals surface area contributed by atoms with Gasteiger partial charge in [0.1, 0.15) is 0 Å². The molecule has 1 fully saturated rings. The minimum Gasteiger partial charge on any atom is -0.406 e. The van der Waals surface area contributed by atoms with Crippen molar-refractivity contribution in [2.75, 3.05) is 19.8 Å². The van der Waals surface area contributed by atoms with Crippen LogP contribution in [0.5, 0.6) is 0 Å². The van der Waals surface area contributed by atoms with Crippen LogP contribution in [0.1, 0.15) is 32.8 Å². The predicted molar refractivity (Wildman–Crippen MR) is 152 cm³/mol. The molecule has 7 heteroatoms. The summed E-state index contributed by atoms with van der Waals surface area (Å²) < 4.78 is 36.2. The lowest BCUT2D eigenvalue weighted by Crippen LogP contribution is -2.67. The van der Waals surface area contributed by atoms with Gasteiger partial charge in [-0.1, -0.05) is 111 Å². The molecule has 1 atom stereocenters. The first-order valence-electron chi connectivity index (χ1n) is 12.7. The van der Waals surface area contributed by atoms with Crippen LogP contribution in [0, 0.1) is 6.92 Å². The van der Waals surface area contributed by atoms with E-state index in [2.05, 4.69) is 45.0 Å². The van der Waals surface area contributed by atoms with Gasteiger partial charge in [-0.05, 0) is 40.9 Å². The summed E-state index contributed by atoms with van der Waals surface area (Å²) in [5.41, 5.74) is 1.92. The van der Waals surface area contributed by atoms with E-state index in [0.29, 0.717) is 6.42 Å². The maximum Gasteiger partial charge on any atom is 0.261 e. The maximum atomic E-state index is 13.8. The van der Waals surface area contributed by atoms with Gasteiger partial charge in [0.25, 0.3) is 8.32 Å². The third kappa shape index (κ3) is 5.51. The Morgan fingerprint density at radius 1 is 0.946 bits per heavy atom. The molecular weight excluding hydrogens is 498 g/mol. The van der Waals surface area contributed by atoms with Crippen molar-refractivity contribution in [3.8, 4) is 0 Å². The van der Waals surface area contributed by atoms with E-state index in [-0.39, 0.29) is 35.7 Å². The van der Waals surface area contributed by atoms with Crippen molar-refractivity contribution in [2.45, 2.75) is 50.1 Å². The van der Waals surface area contributed by atoms with E-state index in [9.17, 15) is 13.5 Å². The van der Waals surface area contributed by atoms with E-state index in [4.69, 9.17) is 4.43 Å². The van der Waals surface area contributed by atoms with Crippen molar-refractivity contribution < 1.29 is 18.0 Å². The van der Waals surface area contributed by atoms with Crippen LogP contribution in [0.25, 0.3) is 0 Å². The Hall–Kier alpha value is -2.55. The molecule has 0 spiro atoms. The quantitative estimate of drug-likeness (QED) is 0.346. The summed E-state index contributed by atoms with van der Waals surface area (Å²) in [5, 5.41) is 11.7. The third-order valence-electron chi connectivity index (χ3n) is 7.18. The molecule has 0 aromatic heterocycles. The van der Waals surface area contributed by atoms with Crippen molar-refractivity contribution in [3.63, 3.8) is 0 Å². The molecule has 1 N–H and O–H groups in total. The molecule has 1 aliphatic heterocycles. The molecule has 0 bridgehead atoms. The van der Waals surface area contributed by atoms with Gasteiger partial charge in [0, 0.05) is 6.54 Å². The summed E-state index contributed by atoms with van der Waals surface area (Å²) in [4.78, 5) is 0.277. The van der Waals surface area contributed by atoms with Crippen LogP contribution in [0.3, 0.4) is 0 Å². The molecule has 4 rings (SSSR count). The first kappa shape index (κ1) is 27.5. The normalized spacial score (nSPS) is 18.4. The van der Waals surface area contributed by atoms with E-state index in [1.165, 1.54) is 0 Å². The SMILES string of the molecule is Cc1ccc(S(=O)(=O)N2C/C(=C/CO)C[C@H]2CO[Si](c2ccccc2)(c2ccccc2)C(C)(C)C)cc1. The lowest BCUT2D eigenvalue weighted by molar-refractivity contribution is 0.221. The van der Waals surface area contributed by atoms with Crippen LogP contribution in [-0.2, 0) is 14.4 Å². The molecule has 37 heavy (non-hydrogen) atoms. The summed E-state index contributed by atoms with van der Waals surface area (Å²) in [6.07, 6.45) is 2.25. The van der Waals surface area contributed by atoms with Crippen LogP contribution < -0.4 is 10.4 Å². The number of nitrogens with zero attached hydrogens (tertiary/aromatic N) is 1. The Labute approximate surface area is 222 Å². The Kier molecular flexibility index (Phi) is 8.21. The molecule has 0 saturated carbocycles. The average molecular weight is 536 g/mol. The Morgan fingerprint density at radius 3 is 1.97 bits per heavy atom. The summed E-state index contributed by atoms with van der Waals surface area (Å²) in [5.74, 6) is 0. The third-order valence-corrected chi connectivity index (χ3v) is 14.1. The highest BCUT2D eigenvalue weighted by Gasteiger charge is 2.51. The minimum absolute atomic E-state index is 0.115. The fourth-order valence-corrected chi connectivity index (χ4v) is 11.5. The zero-order chi connectivity index (χ0) is 26.7. The van der Waals surface area contributed by atoms with E-state index in [0.717, 1.165) is 21.5 Å². The molecule has 1 heterocycles. The zero-order valence-electron chi connectivity index (χ0n) is 22.1. The summed E-state index contributed by atoms with van der Waals surface area (Å²) >= 11 is 0. The molecule has 1 saturated heterocycles. The largest absolute Gasteiger partial charge is 0.406 e. The van der Waals surface area contributed by atoms with E-state index >= 15 is 0 Å². The zero-order valence-corrected chi connectivity index (χ0v) is 23.9. The number of aryl methyl sites for hydroxylation is 1. The first-order chi connectivity index (χ1) is 17.6. The molecule has 5 nitrogen and oxygen atoms in total. The van der Waals surface area contributed by atoms with Crippen LogP contribution in [0.2, 0.25) is 5.04 Å². The number of rotatable bonds is 8. The number of aliphatic hydroxyl groups is 1. The van der Waals surface area contributed by atoms with E-state index in [1.807, 2.05) is 55.5 Å². The summed E-state index contributed by atoms with van der Waals surface area (Å²) in [6.45, 7) is 8.99. The molecule has 3 aromatic rings. The Morgan fingerprint density at radius 2 is 1.49 bits per heavy atom. The molecule has 0 aliphatic carbocycles. The number of benzene rings is 3. The van der Waals surface area contributed by atoms with Crippen LogP contribution in [0.15, 0.2) is 101 Å². The van der Waals surface area contributed by atoms with Crippen molar-refractivity contribution in [3.05, 3.63) is 102 Å². The lowest BCUT2D eigenvalue weighted by atomic mass is 10.1. The molecule has 196 valence electrons. The second-order valence-corrected chi connectivity index (χ2v) is 16.9. The van der Waals surface area contributed by atoms with Gasteiger partial charge in [-0.3, -0.25) is 0 Å². The second kappa shape index (κ2) is 11.1. The number of hydrogen-bond donors (Lipinski definition) is 1. The average Bonchev–Trinajstić information content (AvgIpc) is 3.29. The van der Waals surface area contributed by atoms with Gasteiger partial charge in [-0.15, -0.1) is 0 Å². The van der Waals surface area contributed by atoms with E-state index in [1.54, 1.807) is 22.5 Å². The molecule has 0 radical (unpaired) electrons. The molecule has 3 aromatic carbocycles. The predicted octanol–water partition coefficient (Wildman–Crippen LogP) is 4.25. The Balaban J connectivity index is 1.75. The Bertz CT molecular complexity index is 1280. The highest BCUT2D eigenvalue weighted by Crippen LogP contribution is 2.38.